The Morgan fingerprint density at radius 3 is 2.57 bits per heavy atom. The monoisotopic (exact) mass is 438 g/mol. The van der Waals surface area contributed by atoms with Gasteiger partial charge in [-0.25, -0.2) is 4.98 Å². The Hall–Kier alpha value is -2.61. The van der Waals surface area contributed by atoms with Gasteiger partial charge in [-0.3, -0.25) is 9.52 Å². The molecule has 0 spiro atoms. The Bertz CT molecular complexity index is 1100. The normalized spacial score (nSPS) is 10.5. The van der Waals surface area contributed by atoms with E-state index in [0.717, 1.165) is 22.0 Å². The van der Waals surface area contributed by atoms with E-state index in [-0.39, 0.29) is 0 Å². The van der Waals surface area contributed by atoms with Gasteiger partial charge in [-0.1, -0.05) is 48.3 Å². The molecule has 0 fully saturated rings. The molecule has 0 aliphatic carbocycles. The molecule has 0 aliphatic heterocycles. The van der Waals surface area contributed by atoms with Crippen molar-refractivity contribution >= 4 is 51.3 Å². The Kier molecular flexibility index (Phi) is 7.68. The first kappa shape index (κ1) is 22.1. The molecule has 4 rings (SSSR count). The zero-order chi connectivity index (χ0) is 21.5. The molecule has 30 heavy (non-hydrogen) atoms. The molecule has 0 aliphatic rings. The predicted molar refractivity (Wildman–Crippen MR) is 130 cm³/mol. The highest BCUT2D eigenvalue weighted by Gasteiger charge is 2.17. The lowest BCUT2D eigenvalue weighted by molar-refractivity contribution is 0.111. The summed E-state index contributed by atoms with van der Waals surface area (Å²) in [6.45, 7) is 2.63. The van der Waals surface area contributed by atoms with E-state index in [4.69, 9.17) is 0 Å². The molecule has 4 aromatic rings. The van der Waals surface area contributed by atoms with Gasteiger partial charge < -0.3 is 9.47 Å². The minimum absolute atomic E-state index is 0.517. The van der Waals surface area contributed by atoms with Gasteiger partial charge in [-0.15, -0.1) is 11.3 Å². The summed E-state index contributed by atoms with van der Waals surface area (Å²) in [6.07, 6.45) is 4.88. The summed E-state index contributed by atoms with van der Waals surface area (Å²) in [6, 6.07) is 18.8. The molecular weight excluding hydrogens is 412 g/mol. The number of benzene rings is 2. The molecule has 0 saturated carbocycles. The summed E-state index contributed by atoms with van der Waals surface area (Å²) in [5.74, 6) is 0. The Morgan fingerprint density at radius 2 is 1.93 bits per heavy atom. The van der Waals surface area contributed by atoms with Crippen LogP contribution in [0.1, 0.15) is 20.9 Å². The molecule has 2 aromatic carbocycles. The average Bonchev–Trinajstić information content (AvgIpc) is 3.34. The maximum Gasteiger partial charge on any atom is 0.191 e. The number of anilines is 2. The SMILES string of the molecule is CNSC.Cc1sc(N(Cc2ccccc2)c2ccc3ccn(C)c3c2)nc1C=O. The van der Waals surface area contributed by atoms with E-state index in [1.54, 1.807) is 23.3 Å². The van der Waals surface area contributed by atoms with Crippen LogP contribution in [0.5, 0.6) is 0 Å². The second-order valence-corrected chi connectivity index (χ2v) is 8.70. The largest absolute Gasteiger partial charge is 0.350 e. The number of aromatic nitrogens is 2. The Labute approximate surface area is 185 Å². The lowest BCUT2D eigenvalue weighted by Crippen LogP contribution is -2.16. The van der Waals surface area contributed by atoms with Gasteiger partial charge in [0.05, 0.1) is 6.54 Å². The molecule has 0 saturated heterocycles. The van der Waals surface area contributed by atoms with Gasteiger partial charge in [0.2, 0.25) is 0 Å². The molecule has 2 aromatic heterocycles. The Morgan fingerprint density at radius 1 is 1.20 bits per heavy atom. The molecule has 1 N–H and O–H groups in total. The summed E-state index contributed by atoms with van der Waals surface area (Å²) < 4.78 is 4.96. The number of hydrogen-bond acceptors (Lipinski definition) is 6. The van der Waals surface area contributed by atoms with Crippen molar-refractivity contribution < 1.29 is 4.79 Å². The van der Waals surface area contributed by atoms with Crippen molar-refractivity contribution in [2.24, 2.45) is 7.05 Å². The van der Waals surface area contributed by atoms with Gasteiger partial charge >= 0.3 is 0 Å². The van der Waals surface area contributed by atoms with Crippen molar-refractivity contribution in [1.29, 1.82) is 0 Å². The van der Waals surface area contributed by atoms with Crippen LogP contribution >= 0.6 is 23.3 Å². The van der Waals surface area contributed by atoms with Crippen LogP contribution in [-0.4, -0.2) is 29.1 Å². The number of carbonyl (C=O) groups excluding carboxylic acids is 1. The van der Waals surface area contributed by atoms with E-state index < -0.39 is 0 Å². The van der Waals surface area contributed by atoms with Crippen LogP contribution in [0.25, 0.3) is 10.9 Å². The quantitative estimate of drug-likeness (QED) is 0.315. The summed E-state index contributed by atoms with van der Waals surface area (Å²) in [5.41, 5.74) is 3.95. The lowest BCUT2D eigenvalue weighted by Gasteiger charge is -2.22. The third-order valence-electron chi connectivity index (χ3n) is 4.73. The number of nitrogens with one attached hydrogen (secondary N) is 1. The Balaban J connectivity index is 0.000000589. The first-order valence-electron chi connectivity index (χ1n) is 9.56. The van der Waals surface area contributed by atoms with E-state index in [1.807, 2.05) is 45.5 Å². The third-order valence-corrected chi connectivity index (χ3v) is 6.15. The summed E-state index contributed by atoms with van der Waals surface area (Å²) in [7, 11) is 3.94. The van der Waals surface area contributed by atoms with Crippen molar-refractivity contribution in [2.45, 2.75) is 13.5 Å². The standard InChI is InChI=1S/C21H19N3OS.C2H7NS/c1-15-19(14-25)22-21(26-15)24(13-16-6-4-3-5-7-16)18-9-8-17-10-11-23(2)20(17)12-18;1-3-4-2/h3-12,14H,13H2,1-2H3;3H,1-2H3. The highest BCUT2D eigenvalue weighted by atomic mass is 32.2. The van der Waals surface area contributed by atoms with Crippen LogP contribution in [-0.2, 0) is 13.6 Å². The first-order valence-corrected chi connectivity index (χ1v) is 11.6. The molecule has 156 valence electrons. The molecule has 0 atom stereocenters. The van der Waals surface area contributed by atoms with E-state index in [1.165, 1.54) is 16.5 Å². The molecular formula is C23H26N4OS2. The molecule has 2 heterocycles. The minimum atomic E-state index is 0.517. The number of thiazole rings is 1. The van der Waals surface area contributed by atoms with Gasteiger partial charge in [-0.2, -0.15) is 0 Å². The van der Waals surface area contributed by atoms with Crippen LogP contribution in [0.2, 0.25) is 0 Å². The highest BCUT2D eigenvalue weighted by molar-refractivity contribution is 7.96. The minimum Gasteiger partial charge on any atom is -0.350 e. The fourth-order valence-electron chi connectivity index (χ4n) is 3.07. The topological polar surface area (TPSA) is 50.2 Å². The van der Waals surface area contributed by atoms with Gasteiger partial charge in [0, 0.05) is 29.3 Å². The predicted octanol–water partition coefficient (Wildman–Crippen LogP) is 5.58. The summed E-state index contributed by atoms with van der Waals surface area (Å²) >= 11 is 3.16. The van der Waals surface area contributed by atoms with Crippen LogP contribution in [0, 0.1) is 6.92 Å². The van der Waals surface area contributed by atoms with Gasteiger partial charge in [-0.05, 0) is 49.4 Å². The van der Waals surface area contributed by atoms with Crippen molar-refractivity contribution in [1.82, 2.24) is 14.3 Å². The van der Waals surface area contributed by atoms with Gasteiger partial charge in [0.25, 0.3) is 0 Å². The maximum absolute atomic E-state index is 11.3. The van der Waals surface area contributed by atoms with Gasteiger partial charge in [0.1, 0.15) is 5.69 Å². The lowest BCUT2D eigenvalue weighted by atomic mass is 10.2. The highest BCUT2D eigenvalue weighted by Crippen LogP contribution is 2.34. The van der Waals surface area contributed by atoms with Crippen LogP contribution < -0.4 is 9.62 Å². The molecule has 0 amide bonds. The number of carbonyl (C=O) groups is 1. The smallest absolute Gasteiger partial charge is 0.191 e. The van der Waals surface area contributed by atoms with Crippen LogP contribution in [0.4, 0.5) is 10.8 Å². The second kappa shape index (κ2) is 10.4. The van der Waals surface area contributed by atoms with Crippen LogP contribution in [0.15, 0.2) is 60.8 Å². The molecule has 7 heteroatoms. The van der Waals surface area contributed by atoms with Gasteiger partial charge in [0.15, 0.2) is 11.4 Å². The third kappa shape index (κ3) is 5.11. The van der Waals surface area contributed by atoms with E-state index >= 15 is 0 Å². The number of fused-ring (bicyclic) bond motifs is 1. The first-order chi connectivity index (χ1) is 14.6. The average molecular weight is 439 g/mol. The van der Waals surface area contributed by atoms with Crippen LogP contribution in [0.3, 0.4) is 0 Å². The number of nitrogens with zero attached hydrogens (tertiary/aromatic N) is 3. The van der Waals surface area contributed by atoms with E-state index in [9.17, 15) is 4.79 Å². The zero-order valence-corrected chi connectivity index (χ0v) is 19.3. The van der Waals surface area contributed by atoms with E-state index in [2.05, 4.69) is 61.8 Å². The van der Waals surface area contributed by atoms with Crippen molar-refractivity contribution in [3.05, 3.63) is 76.9 Å². The molecule has 0 unspecified atom stereocenters. The molecule has 5 nitrogen and oxygen atoms in total. The second-order valence-electron chi connectivity index (χ2n) is 6.71. The van der Waals surface area contributed by atoms with E-state index in [0.29, 0.717) is 12.2 Å². The van der Waals surface area contributed by atoms with Crippen molar-refractivity contribution in [3.8, 4) is 0 Å². The number of rotatable bonds is 6. The fraction of sp³-hybridized carbons (Fsp3) is 0.217. The number of aldehydes is 1. The number of hydrogen-bond donors (Lipinski definition) is 1. The zero-order valence-electron chi connectivity index (χ0n) is 17.6. The molecule has 0 bridgehead atoms. The number of aryl methyl sites for hydroxylation is 2. The van der Waals surface area contributed by atoms with Crippen molar-refractivity contribution in [2.75, 3.05) is 18.2 Å². The van der Waals surface area contributed by atoms with Crippen molar-refractivity contribution in [3.63, 3.8) is 0 Å². The molecule has 0 radical (unpaired) electrons. The fourth-order valence-corrected chi connectivity index (χ4v) is 3.97. The summed E-state index contributed by atoms with van der Waals surface area (Å²) in [5, 5.41) is 2.04. The summed E-state index contributed by atoms with van der Waals surface area (Å²) in [4.78, 5) is 18.9. The maximum atomic E-state index is 11.3.